The van der Waals surface area contributed by atoms with E-state index in [4.69, 9.17) is 16.3 Å². The summed E-state index contributed by atoms with van der Waals surface area (Å²) in [6.45, 7) is 1.39. The Morgan fingerprint density at radius 2 is 1.79 bits per heavy atom. The Balaban J connectivity index is 0.986. The molecule has 7 rings (SSSR count). The van der Waals surface area contributed by atoms with Gasteiger partial charge in [0.05, 0.1) is 23.2 Å². The number of amides is 3. The van der Waals surface area contributed by atoms with Gasteiger partial charge >= 0.3 is 0 Å². The maximum Gasteiger partial charge on any atom is 0.259 e. The maximum absolute atomic E-state index is 16.5. The van der Waals surface area contributed by atoms with Crippen molar-refractivity contribution in [2.24, 2.45) is 13.0 Å². The molecular weight excluding hydrogens is 694 g/mol. The molecule has 3 aliphatic heterocycles. The van der Waals surface area contributed by atoms with Gasteiger partial charge in [0.15, 0.2) is 0 Å². The predicted molar refractivity (Wildman–Crippen MR) is 194 cm³/mol. The van der Waals surface area contributed by atoms with Crippen molar-refractivity contribution in [1.29, 1.82) is 0 Å². The van der Waals surface area contributed by atoms with E-state index in [1.807, 2.05) is 4.90 Å². The van der Waals surface area contributed by atoms with E-state index in [2.05, 4.69) is 15.6 Å². The number of alkyl halides is 1. The van der Waals surface area contributed by atoms with Crippen LogP contribution in [0.25, 0.3) is 21.9 Å². The number of halogens is 3. The zero-order valence-electron chi connectivity index (χ0n) is 28.9. The summed E-state index contributed by atoms with van der Waals surface area (Å²) < 4.78 is 38.9. The average molecular weight is 733 g/mol. The number of hydrogen-bond donors (Lipinski definition) is 2. The quantitative estimate of drug-likeness (QED) is 0.240. The topological polar surface area (TPSA) is 126 Å². The molecule has 272 valence electrons. The molecule has 2 aromatic carbocycles. The SMILES string of the molecule is COc1cc(-c2cn(C)c(=O)c3cnccc23)cc(Cl)c1C(=O)N1CCC(F)(C2CCN(c3ccc(NC4CCC(=O)NC4=O)cc3F)CC2)CC1. The molecule has 4 aromatic rings. The standard InChI is InChI=1S/C38H39ClF2N6O5/c1-45-21-27(25-7-12-42-20-26(25)36(45)50)22-17-28(39)34(32(18-22)52-2)37(51)47-15-10-38(41,11-16-47)23-8-13-46(14-9-23)31-5-3-24(19-29(31)40)43-30-4-6-33(48)44-35(30)49/h3,5,7,12,17-21,23,30,43H,4,6,8-11,13-16H2,1-2H3,(H,44,48,49). The van der Waals surface area contributed by atoms with Crippen molar-refractivity contribution in [1.82, 2.24) is 19.8 Å². The lowest BCUT2D eigenvalue weighted by Crippen LogP contribution is -2.50. The maximum atomic E-state index is 16.5. The van der Waals surface area contributed by atoms with E-state index < -0.39 is 23.4 Å². The first kappa shape index (κ1) is 35.4. The lowest BCUT2D eigenvalue weighted by molar-refractivity contribution is -0.133. The number of nitrogens with zero attached hydrogens (tertiary/aromatic N) is 4. The lowest BCUT2D eigenvalue weighted by Gasteiger charge is -2.44. The number of imide groups is 1. The molecule has 0 spiro atoms. The lowest BCUT2D eigenvalue weighted by atomic mass is 9.76. The first-order valence-electron chi connectivity index (χ1n) is 17.4. The van der Waals surface area contributed by atoms with E-state index in [1.54, 1.807) is 54.7 Å². The molecule has 2 N–H and O–H groups in total. The number of fused-ring (bicyclic) bond motifs is 1. The number of anilines is 2. The van der Waals surface area contributed by atoms with Crippen LogP contribution in [0.15, 0.2) is 59.8 Å². The number of aryl methyl sites for hydroxylation is 1. The summed E-state index contributed by atoms with van der Waals surface area (Å²) in [7, 11) is 3.12. The van der Waals surface area contributed by atoms with Gasteiger partial charge in [-0.2, -0.15) is 0 Å². The zero-order chi connectivity index (χ0) is 36.7. The number of carbonyl (C=O) groups excluding carboxylic acids is 3. The van der Waals surface area contributed by atoms with Gasteiger partial charge < -0.3 is 24.4 Å². The van der Waals surface area contributed by atoms with Gasteiger partial charge in [-0.05, 0) is 85.4 Å². The van der Waals surface area contributed by atoms with Crippen LogP contribution in [-0.4, -0.2) is 77.2 Å². The number of rotatable bonds is 7. The Hall–Kier alpha value is -5.04. The molecular formula is C38H39ClF2N6O5. The van der Waals surface area contributed by atoms with Gasteiger partial charge in [-0.3, -0.25) is 29.5 Å². The van der Waals surface area contributed by atoms with Gasteiger partial charge in [0.1, 0.15) is 28.8 Å². The fourth-order valence-corrected chi connectivity index (χ4v) is 8.11. The van der Waals surface area contributed by atoms with Crippen LogP contribution in [0.5, 0.6) is 5.75 Å². The van der Waals surface area contributed by atoms with Crippen LogP contribution in [-0.2, 0) is 16.6 Å². The van der Waals surface area contributed by atoms with E-state index in [1.165, 1.54) is 23.9 Å². The molecule has 3 fully saturated rings. The summed E-state index contributed by atoms with van der Waals surface area (Å²) in [6, 6.07) is 9.25. The molecule has 14 heteroatoms. The Kier molecular flexibility index (Phi) is 9.64. The number of aromatic nitrogens is 2. The second-order valence-corrected chi connectivity index (χ2v) is 14.2. The second kappa shape index (κ2) is 14.2. The third-order valence-electron chi connectivity index (χ3n) is 10.8. The molecule has 0 saturated carbocycles. The number of piperidine rings is 3. The van der Waals surface area contributed by atoms with Crippen LogP contribution in [0.2, 0.25) is 5.02 Å². The highest BCUT2D eigenvalue weighted by Crippen LogP contribution is 2.42. The molecule has 11 nitrogen and oxygen atoms in total. The minimum atomic E-state index is -1.46. The number of carbonyl (C=O) groups is 3. The van der Waals surface area contributed by atoms with Crippen LogP contribution in [0.4, 0.5) is 20.2 Å². The molecule has 1 atom stereocenters. The summed E-state index contributed by atoms with van der Waals surface area (Å²) in [5.41, 5.74) is 0.804. The minimum absolute atomic E-state index is 0.175. The van der Waals surface area contributed by atoms with Gasteiger partial charge in [0.2, 0.25) is 11.8 Å². The van der Waals surface area contributed by atoms with Crippen LogP contribution >= 0.6 is 11.6 Å². The zero-order valence-corrected chi connectivity index (χ0v) is 29.6. The molecule has 5 heterocycles. The van der Waals surface area contributed by atoms with Crippen LogP contribution < -0.4 is 25.8 Å². The molecule has 0 radical (unpaired) electrons. The molecule has 0 aliphatic carbocycles. The van der Waals surface area contributed by atoms with Gasteiger partial charge in [-0.25, -0.2) is 8.78 Å². The van der Waals surface area contributed by atoms with Crippen molar-refractivity contribution >= 4 is 51.5 Å². The van der Waals surface area contributed by atoms with Gasteiger partial charge in [-0.15, -0.1) is 0 Å². The van der Waals surface area contributed by atoms with E-state index in [0.717, 1.165) is 5.56 Å². The van der Waals surface area contributed by atoms with E-state index in [9.17, 15) is 19.2 Å². The van der Waals surface area contributed by atoms with Crippen molar-refractivity contribution in [3.63, 3.8) is 0 Å². The monoisotopic (exact) mass is 732 g/mol. The van der Waals surface area contributed by atoms with Gasteiger partial charge in [0.25, 0.3) is 11.5 Å². The number of benzene rings is 2. The van der Waals surface area contributed by atoms with Crippen LogP contribution in [0.3, 0.4) is 0 Å². The van der Waals surface area contributed by atoms with Crippen molar-refractivity contribution in [3.8, 4) is 16.9 Å². The highest BCUT2D eigenvalue weighted by Gasteiger charge is 2.44. The van der Waals surface area contributed by atoms with E-state index >= 15 is 8.78 Å². The molecule has 52 heavy (non-hydrogen) atoms. The first-order valence-corrected chi connectivity index (χ1v) is 17.8. The molecule has 1 unspecified atom stereocenters. The first-order chi connectivity index (χ1) is 25.0. The van der Waals surface area contributed by atoms with E-state index in [0.29, 0.717) is 60.1 Å². The van der Waals surface area contributed by atoms with Crippen LogP contribution in [0.1, 0.15) is 48.9 Å². The summed E-state index contributed by atoms with van der Waals surface area (Å²) in [6.07, 6.45) is 6.83. The molecule has 0 bridgehead atoms. The van der Waals surface area contributed by atoms with E-state index in [-0.39, 0.29) is 72.0 Å². The Morgan fingerprint density at radius 3 is 2.48 bits per heavy atom. The highest BCUT2D eigenvalue weighted by atomic mass is 35.5. The number of pyridine rings is 2. The van der Waals surface area contributed by atoms with Crippen molar-refractivity contribution < 1.29 is 27.9 Å². The minimum Gasteiger partial charge on any atom is -0.496 e. The average Bonchev–Trinajstić information content (AvgIpc) is 3.14. The fraction of sp³-hybridized carbons (Fsp3) is 0.395. The number of ether oxygens (including phenoxy) is 1. The normalized spacial score (nSPS) is 19.4. The second-order valence-electron chi connectivity index (χ2n) is 13.8. The van der Waals surface area contributed by atoms with Crippen LogP contribution in [0, 0.1) is 11.7 Å². The molecule has 3 saturated heterocycles. The smallest absolute Gasteiger partial charge is 0.259 e. The summed E-state index contributed by atoms with van der Waals surface area (Å²) in [5, 5.41) is 6.62. The molecule has 2 aromatic heterocycles. The summed E-state index contributed by atoms with van der Waals surface area (Å²) in [5.74, 6) is -1.49. The number of nitrogens with one attached hydrogen (secondary N) is 2. The number of likely N-dealkylation sites (tertiary alicyclic amines) is 1. The third kappa shape index (κ3) is 6.69. The highest BCUT2D eigenvalue weighted by molar-refractivity contribution is 6.34. The third-order valence-corrected chi connectivity index (χ3v) is 11.1. The van der Waals surface area contributed by atoms with Crippen molar-refractivity contribution in [2.75, 3.05) is 43.5 Å². The number of hydrogen-bond acceptors (Lipinski definition) is 8. The van der Waals surface area contributed by atoms with Gasteiger partial charge in [-0.1, -0.05) is 11.6 Å². The molecule has 3 aliphatic rings. The summed E-state index contributed by atoms with van der Waals surface area (Å²) >= 11 is 6.77. The Labute approximate surface area is 303 Å². The fourth-order valence-electron chi connectivity index (χ4n) is 7.82. The summed E-state index contributed by atoms with van der Waals surface area (Å²) in [4.78, 5) is 57.7. The Morgan fingerprint density at radius 1 is 1.04 bits per heavy atom. The van der Waals surface area contributed by atoms with Crippen molar-refractivity contribution in [2.45, 2.75) is 50.2 Å². The number of methoxy groups -OCH3 is 1. The Bertz CT molecular complexity index is 2130. The molecule has 3 amide bonds. The largest absolute Gasteiger partial charge is 0.496 e. The predicted octanol–water partition coefficient (Wildman–Crippen LogP) is 5.48. The van der Waals surface area contributed by atoms with Crippen molar-refractivity contribution in [3.05, 3.63) is 81.7 Å². The van der Waals surface area contributed by atoms with Gasteiger partial charge in [0, 0.05) is 69.5 Å².